The van der Waals surface area contributed by atoms with Gasteiger partial charge >= 0.3 is 0 Å². The molecule has 0 aliphatic rings. The van der Waals surface area contributed by atoms with Crippen LogP contribution >= 0.6 is 0 Å². The first-order valence-electron chi connectivity index (χ1n) is 5.49. The summed E-state index contributed by atoms with van der Waals surface area (Å²) in [5.74, 6) is -0.114. The first kappa shape index (κ1) is 15.6. The van der Waals surface area contributed by atoms with Gasteiger partial charge in [0.2, 0.25) is 0 Å². The van der Waals surface area contributed by atoms with E-state index in [1.807, 2.05) is 0 Å². The number of carbonyl (C=O) groups is 1. The molecule has 0 N–H and O–H groups in total. The highest BCUT2D eigenvalue weighted by Gasteiger charge is 2.08. The lowest BCUT2D eigenvalue weighted by molar-refractivity contribution is -0.111. The molecule has 0 radical (unpaired) electrons. The fourth-order valence-corrected chi connectivity index (χ4v) is 1.15. The van der Waals surface area contributed by atoms with E-state index in [1.165, 1.54) is 6.08 Å². The Labute approximate surface area is 109 Å². The van der Waals surface area contributed by atoms with Gasteiger partial charge in [-0.1, -0.05) is 87.1 Å². The second-order valence-electron chi connectivity index (χ2n) is 3.23. The summed E-state index contributed by atoms with van der Waals surface area (Å²) in [6.45, 7) is 14.4. The Morgan fingerprint density at radius 1 is 0.722 bits per heavy atom. The summed E-state index contributed by atoms with van der Waals surface area (Å²) in [6, 6.07) is 0. The molecule has 1 heteroatoms. The minimum atomic E-state index is -0.114. The second-order valence-corrected chi connectivity index (χ2v) is 3.23. The molecule has 0 amide bonds. The average Bonchev–Trinajstić information content (AvgIpc) is 2.39. The molecule has 0 heterocycles. The number of hydrogen-bond acceptors (Lipinski definition) is 1. The van der Waals surface area contributed by atoms with Crippen molar-refractivity contribution in [2.24, 2.45) is 0 Å². The van der Waals surface area contributed by atoms with Crippen LogP contribution in [0.1, 0.15) is 0 Å². The van der Waals surface area contributed by atoms with E-state index in [-0.39, 0.29) is 5.78 Å². The van der Waals surface area contributed by atoms with Crippen molar-refractivity contribution in [1.29, 1.82) is 0 Å². The van der Waals surface area contributed by atoms with Crippen molar-refractivity contribution >= 4 is 5.78 Å². The first-order valence-corrected chi connectivity index (χ1v) is 5.49. The third kappa shape index (κ3) is 5.61. The van der Waals surface area contributed by atoms with Crippen LogP contribution in [0, 0.1) is 0 Å². The Bertz CT molecular complexity index is 454. The van der Waals surface area contributed by atoms with Gasteiger partial charge < -0.3 is 0 Å². The molecule has 0 spiro atoms. The van der Waals surface area contributed by atoms with Gasteiger partial charge in [-0.25, -0.2) is 0 Å². The summed E-state index contributed by atoms with van der Waals surface area (Å²) in [4.78, 5) is 12.2. The molecule has 18 heavy (non-hydrogen) atoms. The van der Waals surface area contributed by atoms with Crippen molar-refractivity contribution in [1.82, 2.24) is 0 Å². The van der Waals surface area contributed by atoms with Crippen LogP contribution in [0.3, 0.4) is 0 Å². The lowest BCUT2D eigenvalue weighted by atomic mass is 10.0. The fraction of sp³-hybridized carbons (Fsp3) is 0. The molecular formula is C17H18O. The van der Waals surface area contributed by atoms with Crippen molar-refractivity contribution in [3.8, 4) is 0 Å². The highest BCUT2D eigenvalue weighted by Crippen LogP contribution is 2.10. The molecule has 0 fully saturated rings. The Morgan fingerprint density at radius 3 is 1.89 bits per heavy atom. The van der Waals surface area contributed by atoms with Crippen molar-refractivity contribution in [2.75, 3.05) is 0 Å². The quantitative estimate of drug-likeness (QED) is 0.456. The molecule has 0 aromatic rings. The second kappa shape index (κ2) is 9.79. The van der Waals surface area contributed by atoms with E-state index in [2.05, 4.69) is 26.3 Å². The van der Waals surface area contributed by atoms with E-state index in [4.69, 9.17) is 0 Å². The Balaban J connectivity index is 5.28. The first-order chi connectivity index (χ1) is 8.71. The molecular weight excluding hydrogens is 220 g/mol. The SMILES string of the molecule is C=C/C=C\C=C(/C=C)C(=O)C(/C=C\C=C)=C/C=C. The minimum absolute atomic E-state index is 0.114. The highest BCUT2D eigenvalue weighted by atomic mass is 16.1. The number of rotatable bonds is 8. The predicted octanol–water partition coefficient (Wildman–Crippen LogP) is 4.26. The third-order valence-electron chi connectivity index (χ3n) is 1.98. The van der Waals surface area contributed by atoms with Gasteiger partial charge in [0.15, 0.2) is 5.78 Å². The van der Waals surface area contributed by atoms with Crippen LogP contribution in [0.15, 0.2) is 98.2 Å². The standard InChI is InChI=1S/C17H18O/c1-5-9-11-14-15(8-4)17(18)16(12-7-3)13-10-6-2/h5-14H,1-4H2/b11-9-,13-10-,15-14+,16-12+. The summed E-state index contributed by atoms with van der Waals surface area (Å²) in [6.07, 6.45) is 16.6. The molecule has 0 saturated carbocycles. The van der Waals surface area contributed by atoms with Crippen LogP contribution in [-0.2, 0) is 4.79 Å². The van der Waals surface area contributed by atoms with Crippen LogP contribution in [0.4, 0.5) is 0 Å². The maximum atomic E-state index is 12.2. The summed E-state index contributed by atoms with van der Waals surface area (Å²) in [5, 5.41) is 0. The molecule has 0 bridgehead atoms. The molecule has 0 rings (SSSR count). The number of carbonyl (C=O) groups excluding carboxylic acids is 1. The van der Waals surface area contributed by atoms with Crippen molar-refractivity contribution in [3.05, 3.63) is 98.2 Å². The van der Waals surface area contributed by atoms with Crippen molar-refractivity contribution < 1.29 is 4.79 Å². The average molecular weight is 238 g/mol. The lowest BCUT2D eigenvalue weighted by Crippen LogP contribution is -2.02. The number of Topliss-reactive ketones (excluding diaryl/α,β-unsaturated/α-hetero) is 1. The topological polar surface area (TPSA) is 17.1 Å². The zero-order valence-corrected chi connectivity index (χ0v) is 10.5. The zero-order chi connectivity index (χ0) is 13.8. The summed E-state index contributed by atoms with van der Waals surface area (Å²) in [5.41, 5.74) is 1.04. The van der Waals surface area contributed by atoms with E-state index < -0.39 is 0 Å². The smallest absolute Gasteiger partial charge is 0.192 e. The number of ketones is 1. The van der Waals surface area contributed by atoms with Gasteiger partial charge in [0.05, 0.1) is 0 Å². The molecule has 1 nitrogen and oxygen atoms in total. The molecule has 0 aliphatic heterocycles. The van der Waals surface area contributed by atoms with Gasteiger partial charge in [-0.2, -0.15) is 0 Å². The molecule has 0 aromatic heterocycles. The maximum Gasteiger partial charge on any atom is 0.192 e. The van der Waals surface area contributed by atoms with Crippen LogP contribution < -0.4 is 0 Å². The molecule has 0 unspecified atom stereocenters. The van der Waals surface area contributed by atoms with Crippen LogP contribution in [0.5, 0.6) is 0 Å². The predicted molar refractivity (Wildman–Crippen MR) is 80.2 cm³/mol. The zero-order valence-electron chi connectivity index (χ0n) is 10.5. The van der Waals surface area contributed by atoms with E-state index in [0.717, 1.165) is 0 Å². The lowest BCUT2D eigenvalue weighted by Gasteiger charge is -2.01. The molecule has 0 atom stereocenters. The van der Waals surface area contributed by atoms with Gasteiger partial charge in [-0.15, -0.1) is 0 Å². The van der Waals surface area contributed by atoms with Gasteiger partial charge in [-0.05, 0) is 0 Å². The maximum absolute atomic E-state index is 12.2. The van der Waals surface area contributed by atoms with Gasteiger partial charge in [0, 0.05) is 11.1 Å². The summed E-state index contributed by atoms with van der Waals surface area (Å²) in [7, 11) is 0. The summed E-state index contributed by atoms with van der Waals surface area (Å²) < 4.78 is 0. The van der Waals surface area contributed by atoms with Gasteiger partial charge in [0.25, 0.3) is 0 Å². The molecule has 0 saturated heterocycles. The monoisotopic (exact) mass is 238 g/mol. The Hall–Kier alpha value is -2.41. The molecule has 0 aromatic carbocycles. The highest BCUT2D eigenvalue weighted by molar-refractivity contribution is 6.12. The van der Waals surface area contributed by atoms with Crippen LogP contribution in [0.2, 0.25) is 0 Å². The summed E-state index contributed by atoms with van der Waals surface area (Å²) >= 11 is 0. The van der Waals surface area contributed by atoms with Crippen LogP contribution in [0.25, 0.3) is 0 Å². The van der Waals surface area contributed by atoms with E-state index in [9.17, 15) is 4.79 Å². The van der Waals surface area contributed by atoms with Crippen molar-refractivity contribution in [2.45, 2.75) is 0 Å². The van der Waals surface area contributed by atoms with Crippen molar-refractivity contribution in [3.63, 3.8) is 0 Å². The van der Waals surface area contributed by atoms with E-state index in [1.54, 1.807) is 54.7 Å². The van der Waals surface area contributed by atoms with E-state index >= 15 is 0 Å². The largest absolute Gasteiger partial charge is 0.289 e. The van der Waals surface area contributed by atoms with Gasteiger partial charge in [-0.3, -0.25) is 4.79 Å². The molecule has 0 aliphatic carbocycles. The molecule has 92 valence electrons. The minimum Gasteiger partial charge on any atom is -0.289 e. The fourth-order valence-electron chi connectivity index (χ4n) is 1.15. The van der Waals surface area contributed by atoms with Crippen LogP contribution in [-0.4, -0.2) is 5.78 Å². The third-order valence-corrected chi connectivity index (χ3v) is 1.98. The van der Waals surface area contributed by atoms with E-state index in [0.29, 0.717) is 11.1 Å². The Morgan fingerprint density at radius 2 is 1.39 bits per heavy atom. The normalized spacial score (nSPS) is 12.7. The Kier molecular flexibility index (Phi) is 8.48. The number of hydrogen-bond donors (Lipinski definition) is 0. The van der Waals surface area contributed by atoms with Gasteiger partial charge in [0.1, 0.15) is 0 Å². The number of allylic oxidation sites excluding steroid dienone is 12.